The molecule has 0 saturated carbocycles. The Kier molecular flexibility index (Phi) is 7.77. The number of amides is 1. The molecule has 1 amide bonds. The second-order valence-electron chi connectivity index (χ2n) is 7.40. The second-order valence-corrected chi connectivity index (χ2v) is 8.48. The molecule has 1 aliphatic heterocycles. The molecule has 156 valence electrons. The predicted molar refractivity (Wildman–Crippen MR) is 124 cm³/mol. The minimum atomic E-state index is -0.00756. The van der Waals surface area contributed by atoms with Gasteiger partial charge in [-0.25, -0.2) is 0 Å². The maximum Gasteiger partial charge on any atom is 0.217 e. The van der Waals surface area contributed by atoms with E-state index in [4.69, 9.17) is 9.47 Å². The number of methoxy groups -OCH3 is 1. The zero-order valence-corrected chi connectivity index (χ0v) is 19.5. The molecule has 3 rings (SSSR count). The van der Waals surface area contributed by atoms with Crippen molar-refractivity contribution < 1.29 is 14.3 Å². The number of carbonyl (C=O) groups is 1. The molecule has 0 aliphatic carbocycles. The second kappa shape index (κ2) is 10.3. The van der Waals surface area contributed by atoms with Crippen molar-refractivity contribution in [3.05, 3.63) is 58.7 Å². The Bertz CT molecular complexity index is 839. The van der Waals surface area contributed by atoms with E-state index in [9.17, 15) is 4.79 Å². The van der Waals surface area contributed by atoms with Gasteiger partial charge in [0.1, 0.15) is 0 Å². The van der Waals surface area contributed by atoms with Crippen molar-refractivity contribution in [2.75, 3.05) is 24.7 Å². The van der Waals surface area contributed by atoms with Crippen LogP contribution in [-0.2, 0) is 24.3 Å². The minimum absolute atomic E-state index is 0.00756. The van der Waals surface area contributed by atoms with Gasteiger partial charge in [-0.15, -0.1) is 0 Å². The highest BCUT2D eigenvalue weighted by Crippen LogP contribution is 2.37. The average Bonchev–Trinajstić information content (AvgIpc) is 2.71. The van der Waals surface area contributed by atoms with Crippen molar-refractivity contribution in [1.82, 2.24) is 10.2 Å². The Morgan fingerprint density at radius 3 is 2.66 bits per heavy atom. The van der Waals surface area contributed by atoms with Crippen molar-refractivity contribution >= 4 is 28.5 Å². The fraction of sp³-hybridized carbons (Fsp3) is 0.435. The first-order valence-corrected chi connectivity index (χ1v) is 11.5. The number of nitrogens with one attached hydrogen (secondary N) is 1. The van der Waals surface area contributed by atoms with E-state index in [1.54, 1.807) is 14.0 Å². The Labute approximate surface area is 186 Å². The zero-order chi connectivity index (χ0) is 20.8. The van der Waals surface area contributed by atoms with Crippen LogP contribution in [0.2, 0.25) is 0 Å². The summed E-state index contributed by atoms with van der Waals surface area (Å²) in [5, 5.41) is 2.93. The number of benzene rings is 2. The first-order chi connectivity index (χ1) is 14.0. The minimum Gasteiger partial charge on any atom is -0.493 e. The molecule has 0 aromatic heterocycles. The molecule has 0 spiro atoms. The van der Waals surface area contributed by atoms with Crippen molar-refractivity contribution in [1.29, 1.82) is 0 Å². The van der Waals surface area contributed by atoms with Gasteiger partial charge in [0, 0.05) is 36.5 Å². The lowest BCUT2D eigenvalue weighted by Crippen LogP contribution is -2.30. The third-order valence-electron chi connectivity index (χ3n) is 5.24. The van der Waals surface area contributed by atoms with E-state index in [-0.39, 0.29) is 11.9 Å². The van der Waals surface area contributed by atoms with Gasteiger partial charge in [0.25, 0.3) is 0 Å². The first kappa shape index (κ1) is 21.9. The SMILES string of the molecule is COc1c(OCCI)ccc2c1CCN(Cc1ccc([C@H](C)NC(C)=O)cc1)C2. The lowest BCUT2D eigenvalue weighted by molar-refractivity contribution is -0.119. The molecule has 0 saturated heterocycles. The number of fused-ring (bicyclic) bond motifs is 1. The summed E-state index contributed by atoms with van der Waals surface area (Å²) in [5.41, 5.74) is 4.98. The summed E-state index contributed by atoms with van der Waals surface area (Å²) in [4.78, 5) is 13.7. The van der Waals surface area contributed by atoms with Gasteiger partial charge in [0.2, 0.25) is 5.91 Å². The third kappa shape index (κ3) is 5.63. The van der Waals surface area contributed by atoms with E-state index in [0.29, 0.717) is 6.61 Å². The number of hydrogen-bond donors (Lipinski definition) is 1. The van der Waals surface area contributed by atoms with Crippen LogP contribution < -0.4 is 14.8 Å². The quantitative estimate of drug-likeness (QED) is 0.428. The number of ether oxygens (including phenoxy) is 2. The van der Waals surface area contributed by atoms with E-state index < -0.39 is 0 Å². The fourth-order valence-electron chi connectivity index (χ4n) is 3.84. The molecule has 29 heavy (non-hydrogen) atoms. The smallest absolute Gasteiger partial charge is 0.217 e. The number of hydrogen-bond acceptors (Lipinski definition) is 4. The van der Waals surface area contributed by atoms with Crippen LogP contribution in [0.15, 0.2) is 36.4 Å². The molecule has 0 fully saturated rings. The molecule has 1 N–H and O–H groups in total. The molecule has 0 bridgehead atoms. The number of alkyl halides is 1. The Morgan fingerprint density at radius 1 is 1.24 bits per heavy atom. The molecule has 6 heteroatoms. The average molecular weight is 508 g/mol. The number of carbonyl (C=O) groups excluding carboxylic acids is 1. The van der Waals surface area contributed by atoms with Gasteiger partial charge < -0.3 is 14.8 Å². The molecule has 1 heterocycles. The monoisotopic (exact) mass is 508 g/mol. The van der Waals surface area contributed by atoms with Gasteiger partial charge in [-0.1, -0.05) is 52.9 Å². The Morgan fingerprint density at radius 2 is 2.00 bits per heavy atom. The molecular formula is C23H29IN2O3. The summed E-state index contributed by atoms with van der Waals surface area (Å²) >= 11 is 2.31. The van der Waals surface area contributed by atoms with Crippen molar-refractivity contribution in [2.45, 2.75) is 39.4 Å². The first-order valence-electron chi connectivity index (χ1n) is 9.97. The summed E-state index contributed by atoms with van der Waals surface area (Å²) in [6.45, 7) is 7.05. The topological polar surface area (TPSA) is 50.8 Å². The van der Waals surface area contributed by atoms with Crippen LogP contribution in [0.4, 0.5) is 0 Å². The highest BCUT2D eigenvalue weighted by Gasteiger charge is 2.22. The summed E-state index contributed by atoms with van der Waals surface area (Å²) < 4.78 is 12.5. The molecule has 2 aromatic rings. The van der Waals surface area contributed by atoms with Gasteiger partial charge in [0.05, 0.1) is 19.8 Å². The van der Waals surface area contributed by atoms with Gasteiger partial charge in [0.15, 0.2) is 11.5 Å². The van der Waals surface area contributed by atoms with E-state index in [1.807, 2.05) is 13.0 Å². The highest BCUT2D eigenvalue weighted by atomic mass is 127. The van der Waals surface area contributed by atoms with Crippen molar-refractivity contribution in [3.63, 3.8) is 0 Å². The standard InChI is InChI=1S/C23H29IN2O3/c1-16(25-17(2)27)19-6-4-18(5-7-19)14-26-12-10-21-20(15-26)8-9-22(23(21)28-3)29-13-11-24/h4-9,16H,10-15H2,1-3H3,(H,25,27)/t16-/m0/s1. The lowest BCUT2D eigenvalue weighted by Gasteiger charge is -2.30. The summed E-state index contributed by atoms with van der Waals surface area (Å²) in [7, 11) is 1.72. The molecule has 0 unspecified atom stereocenters. The van der Waals surface area contributed by atoms with E-state index in [2.05, 4.69) is 63.1 Å². The van der Waals surface area contributed by atoms with Crippen LogP contribution in [0.25, 0.3) is 0 Å². The number of rotatable bonds is 8. The maximum absolute atomic E-state index is 11.2. The molecule has 1 atom stereocenters. The van der Waals surface area contributed by atoms with Gasteiger partial charge in [-0.3, -0.25) is 9.69 Å². The van der Waals surface area contributed by atoms with Gasteiger partial charge >= 0.3 is 0 Å². The van der Waals surface area contributed by atoms with Crippen LogP contribution in [-0.4, -0.2) is 35.5 Å². The van der Waals surface area contributed by atoms with E-state index >= 15 is 0 Å². The summed E-state index contributed by atoms with van der Waals surface area (Å²) in [5.74, 6) is 1.73. The zero-order valence-electron chi connectivity index (χ0n) is 17.3. The summed E-state index contributed by atoms with van der Waals surface area (Å²) in [6, 6.07) is 12.8. The van der Waals surface area contributed by atoms with Crippen molar-refractivity contribution in [2.24, 2.45) is 0 Å². The lowest BCUT2D eigenvalue weighted by atomic mass is 9.97. The number of halogens is 1. The van der Waals surface area contributed by atoms with Crippen LogP contribution in [0.1, 0.15) is 42.1 Å². The molecule has 0 radical (unpaired) electrons. The number of nitrogens with zero attached hydrogens (tertiary/aromatic N) is 1. The largest absolute Gasteiger partial charge is 0.493 e. The molecular weight excluding hydrogens is 479 g/mol. The van der Waals surface area contributed by atoms with Crippen LogP contribution >= 0.6 is 22.6 Å². The van der Waals surface area contributed by atoms with E-state index in [0.717, 1.165) is 47.5 Å². The predicted octanol–water partition coefficient (Wildman–Crippen LogP) is 4.26. The van der Waals surface area contributed by atoms with Crippen molar-refractivity contribution in [3.8, 4) is 11.5 Å². The molecule has 5 nitrogen and oxygen atoms in total. The van der Waals surface area contributed by atoms with Crippen LogP contribution in [0, 0.1) is 0 Å². The third-order valence-corrected chi connectivity index (χ3v) is 5.68. The normalized spacial score (nSPS) is 14.8. The molecule has 2 aromatic carbocycles. The Balaban J connectivity index is 1.66. The maximum atomic E-state index is 11.2. The van der Waals surface area contributed by atoms with Gasteiger partial charge in [-0.05, 0) is 36.1 Å². The van der Waals surface area contributed by atoms with Crippen LogP contribution in [0.3, 0.4) is 0 Å². The summed E-state index contributed by atoms with van der Waals surface area (Å²) in [6.07, 6.45) is 0.956. The fourth-order valence-corrected chi connectivity index (χ4v) is 4.06. The van der Waals surface area contributed by atoms with Gasteiger partial charge in [-0.2, -0.15) is 0 Å². The van der Waals surface area contributed by atoms with Crippen LogP contribution in [0.5, 0.6) is 11.5 Å². The molecule has 1 aliphatic rings. The van der Waals surface area contributed by atoms with E-state index in [1.165, 1.54) is 16.7 Å². The Hall–Kier alpha value is -1.80. The highest BCUT2D eigenvalue weighted by molar-refractivity contribution is 14.1.